The maximum Gasteiger partial charge on any atom is 0.294 e. The van der Waals surface area contributed by atoms with E-state index in [9.17, 15) is 19.2 Å². The number of para-hydroxylation sites is 1. The Morgan fingerprint density at radius 3 is 2.24 bits per heavy atom. The van der Waals surface area contributed by atoms with Gasteiger partial charge in [0, 0.05) is 11.4 Å². The summed E-state index contributed by atoms with van der Waals surface area (Å²) in [5.41, 5.74) is 4.96. The zero-order valence-corrected chi connectivity index (χ0v) is 22.1. The van der Waals surface area contributed by atoms with Crippen molar-refractivity contribution in [2.45, 2.75) is 20.8 Å². The third-order valence-electron chi connectivity index (χ3n) is 6.02. The maximum atomic E-state index is 12.8. The quantitative estimate of drug-likeness (QED) is 0.384. The lowest BCUT2D eigenvalue weighted by atomic mass is 10.1. The van der Waals surface area contributed by atoms with Crippen LogP contribution in [0.2, 0.25) is 0 Å². The summed E-state index contributed by atoms with van der Waals surface area (Å²) in [4.78, 5) is 51.1. The number of ether oxygens (including phenoxy) is 1. The fourth-order valence-electron chi connectivity index (χ4n) is 3.72. The number of carbonyl (C=O) groups is 4. The van der Waals surface area contributed by atoms with E-state index in [2.05, 4.69) is 10.6 Å². The predicted octanol–water partition coefficient (Wildman–Crippen LogP) is 5.30. The minimum Gasteiger partial charge on any atom is -0.484 e. The van der Waals surface area contributed by atoms with Crippen molar-refractivity contribution >= 4 is 52.2 Å². The molecule has 3 aromatic rings. The molecular formula is C29H27N3O5S. The first-order valence-electron chi connectivity index (χ1n) is 11.9. The van der Waals surface area contributed by atoms with Crippen LogP contribution in [0.3, 0.4) is 0 Å². The Bertz CT molecular complexity index is 1430. The number of anilines is 2. The number of carbonyl (C=O) groups excluding carboxylic acids is 4. The third kappa shape index (κ3) is 6.49. The molecule has 0 bridgehead atoms. The minimum absolute atomic E-state index is 0.156. The molecule has 3 aromatic carbocycles. The SMILES string of the molecule is Cc1ccccc1NC(=O)COc1ccc(/C=C2\SC(=O)N(CC(=O)Nc3cccc(C)c3C)C2=O)cc1. The van der Waals surface area contributed by atoms with Crippen LogP contribution in [-0.2, 0) is 14.4 Å². The fraction of sp³-hybridized carbons (Fsp3) is 0.172. The number of hydrogen-bond donors (Lipinski definition) is 2. The number of rotatable bonds is 8. The Morgan fingerprint density at radius 1 is 0.842 bits per heavy atom. The standard InChI is InChI=1S/C29H27N3O5S/c1-18-8-6-10-24(20(18)3)31-26(33)16-32-28(35)25(38-29(32)36)15-21-11-13-22(14-12-21)37-17-27(34)30-23-9-5-4-7-19(23)2/h4-15H,16-17H2,1-3H3,(H,30,34)(H,31,33)/b25-15-. The monoisotopic (exact) mass is 529 g/mol. The number of thioether (sulfide) groups is 1. The van der Waals surface area contributed by atoms with Crippen molar-refractivity contribution in [3.8, 4) is 5.75 Å². The van der Waals surface area contributed by atoms with Gasteiger partial charge in [0.05, 0.1) is 4.91 Å². The van der Waals surface area contributed by atoms with Crippen molar-refractivity contribution in [3.05, 3.63) is 93.9 Å². The third-order valence-corrected chi connectivity index (χ3v) is 6.93. The van der Waals surface area contributed by atoms with Gasteiger partial charge >= 0.3 is 0 Å². The van der Waals surface area contributed by atoms with Gasteiger partial charge in [-0.2, -0.15) is 0 Å². The van der Waals surface area contributed by atoms with E-state index < -0.39 is 17.1 Å². The molecule has 9 heteroatoms. The average molecular weight is 530 g/mol. The lowest BCUT2D eigenvalue weighted by molar-refractivity contribution is -0.127. The van der Waals surface area contributed by atoms with Gasteiger partial charge in [-0.3, -0.25) is 24.1 Å². The van der Waals surface area contributed by atoms with Crippen molar-refractivity contribution in [2.75, 3.05) is 23.8 Å². The lowest BCUT2D eigenvalue weighted by Crippen LogP contribution is -2.36. The minimum atomic E-state index is -0.524. The van der Waals surface area contributed by atoms with Crippen LogP contribution in [0.15, 0.2) is 71.6 Å². The molecule has 4 amide bonds. The number of imide groups is 1. The van der Waals surface area contributed by atoms with Gasteiger partial charge in [0.1, 0.15) is 12.3 Å². The zero-order chi connectivity index (χ0) is 27.2. The van der Waals surface area contributed by atoms with Gasteiger partial charge in [-0.1, -0.05) is 42.5 Å². The Hall–Kier alpha value is -4.37. The second-order valence-corrected chi connectivity index (χ2v) is 9.78. The average Bonchev–Trinajstić information content (AvgIpc) is 3.15. The molecule has 0 unspecified atom stereocenters. The molecule has 0 saturated carbocycles. The summed E-state index contributed by atoms with van der Waals surface area (Å²) in [6.45, 7) is 5.22. The molecule has 0 spiro atoms. The Morgan fingerprint density at radius 2 is 1.50 bits per heavy atom. The van der Waals surface area contributed by atoms with E-state index >= 15 is 0 Å². The lowest BCUT2D eigenvalue weighted by Gasteiger charge is -2.14. The normalized spacial score (nSPS) is 14.1. The molecule has 8 nitrogen and oxygen atoms in total. The highest BCUT2D eigenvalue weighted by molar-refractivity contribution is 8.18. The van der Waals surface area contributed by atoms with Gasteiger partial charge in [-0.15, -0.1) is 0 Å². The summed E-state index contributed by atoms with van der Waals surface area (Å²) < 4.78 is 5.56. The van der Waals surface area contributed by atoms with Crippen molar-refractivity contribution in [2.24, 2.45) is 0 Å². The van der Waals surface area contributed by atoms with Crippen molar-refractivity contribution in [3.63, 3.8) is 0 Å². The molecule has 1 fully saturated rings. The van der Waals surface area contributed by atoms with Crippen LogP contribution in [0, 0.1) is 20.8 Å². The van der Waals surface area contributed by atoms with Gasteiger partial charge in [0.15, 0.2) is 6.61 Å². The van der Waals surface area contributed by atoms with Crippen LogP contribution in [0.25, 0.3) is 6.08 Å². The van der Waals surface area contributed by atoms with Gasteiger partial charge < -0.3 is 15.4 Å². The van der Waals surface area contributed by atoms with E-state index in [1.807, 2.05) is 57.2 Å². The molecule has 1 saturated heterocycles. The number of benzene rings is 3. The molecule has 0 atom stereocenters. The number of nitrogens with zero attached hydrogens (tertiary/aromatic N) is 1. The van der Waals surface area contributed by atoms with Crippen molar-refractivity contribution < 1.29 is 23.9 Å². The summed E-state index contributed by atoms with van der Waals surface area (Å²) in [5.74, 6) is -0.767. The molecule has 2 N–H and O–H groups in total. The Balaban J connectivity index is 1.32. The number of nitrogens with one attached hydrogen (secondary N) is 2. The number of aryl methyl sites for hydroxylation is 2. The Labute approximate surface area is 225 Å². The molecular weight excluding hydrogens is 502 g/mol. The van der Waals surface area contributed by atoms with E-state index in [-0.39, 0.29) is 24.0 Å². The van der Waals surface area contributed by atoms with E-state index in [4.69, 9.17) is 4.74 Å². The second kappa shape index (κ2) is 11.8. The molecule has 194 valence electrons. The molecule has 1 aliphatic rings. The van der Waals surface area contributed by atoms with Crippen LogP contribution in [-0.4, -0.2) is 41.0 Å². The molecule has 1 heterocycles. The largest absolute Gasteiger partial charge is 0.484 e. The summed E-state index contributed by atoms with van der Waals surface area (Å²) in [7, 11) is 0. The summed E-state index contributed by atoms with van der Waals surface area (Å²) in [6.07, 6.45) is 1.59. The maximum absolute atomic E-state index is 12.8. The van der Waals surface area contributed by atoms with Crippen LogP contribution >= 0.6 is 11.8 Å². The highest BCUT2D eigenvalue weighted by Gasteiger charge is 2.36. The van der Waals surface area contributed by atoms with E-state index in [1.165, 1.54) is 0 Å². The van der Waals surface area contributed by atoms with E-state index in [0.717, 1.165) is 39.0 Å². The van der Waals surface area contributed by atoms with Gasteiger partial charge in [0.2, 0.25) is 5.91 Å². The van der Waals surface area contributed by atoms with Gasteiger partial charge in [-0.25, -0.2) is 0 Å². The van der Waals surface area contributed by atoms with Crippen LogP contribution in [0.1, 0.15) is 22.3 Å². The first-order chi connectivity index (χ1) is 18.2. The number of amides is 4. The predicted molar refractivity (Wildman–Crippen MR) is 149 cm³/mol. The molecule has 0 aromatic heterocycles. The number of hydrogen-bond acceptors (Lipinski definition) is 6. The summed E-state index contributed by atoms with van der Waals surface area (Å²) in [6, 6.07) is 19.8. The summed E-state index contributed by atoms with van der Waals surface area (Å²) >= 11 is 0.785. The topological polar surface area (TPSA) is 105 Å². The highest BCUT2D eigenvalue weighted by atomic mass is 32.2. The zero-order valence-electron chi connectivity index (χ0n) is 21.2. The molecule has 0 aliphatic carbocycles. The molecule has 0 radical (unpaired) electrons. The van der Waals surface area contributed by atoms with Crippen LogP contribution in [0.5, 0.6) is 5.75 Å². The molecule has 4 rings (SSSR count). The second-order valence-electron chi connectivity index (χ2n) is 8.78. The Kier molecular flexibility index (Phi) is 8.28. The first-order valence-corrected chi connectivity index (χ1v) is 12.7. The van der Waals surface area contributed by atoms with Crippen LogP contribution in [0.4, 0.5) is 16.2 Å². The first kappa shape index (κ1) is 26.7. The smallest absolute Gasteiger partial charge is 0.294 e. The van der Waals surface area contributed by atoms with E-state index in [0.29, 0.717) is 17.0 Å². The van der Waals surface area contributed by atoms with E-state index in [1.54, 1.807) is 36.4 Å². The molecule has 1 aliphatic heterocycles. The van der Waals surface area contributed by atoms with Crippen molar-refractivity contribution in [1.82, 2.24) is 4.90 Å². The molecule has 38 heavy (non-hydrogen) atoms. The highest BCUT2D eigenvalue weighted by Crippen LogP contribution is 2.32. The van der Waals surface area contributed by atoms with Gasteiger partial charge in [0.25, 0.3) is 17.1 Å². The van der Waals surface area contributed by atoms with Gasteiger partial charge in [-0.05, 0) is 85.1 Å². The fourth-order valence-corrected chi connectivity index (χ4v) is 4.55. The summed E-state index contributed by atoms with van der Waals surface area (Å²) in [5, 5.41) is 5.07. The van der Waals surface area contributed by atoms with Crippen molar-refractivity contribution in [1.29, 1.82) is 0 Å². The van der Waals surface area contributed by atoms with Crippen LogP contribution < -0.4 is 15.4 Å².